The minimum absolute atomic E-state index is 0.00726. The van der Waals surface area contributed by atoms with Crippen LogP contribution in [-0.2, 0) is 6.42 Å². The van der Waals surface area contributed by atoms with E-state index < -0.39 is 0 Å². The van der Waals surface area contributed by atoms with Crippen LogP contribution in [0.15, 0.2) is 30.5 Å². The average Bonchev–Trinajstić information content (AvgIpc) is 3.52. The van der Waals surface area contributed by atoms with Gasteiger partial charge in [-0.3, -0.25) is 9.59 Å². The Morgan fingerprint density at radius 3 is 2.55 bits per heavy atom. The number of hydrogen-bond donors (Lipinski definition) is 2. The molecule has 8 heteroatoms. The number of nitrogens with zero attached hydrogens (tertiary/aromatic N) is 3. The molecule has 4 atom stereocenters. The zero-order valence-electron chi connectivity index (χ0n) is 22.5. The maximum atomic E-state index is 13.2. The molecular weight excluding hydrogens is 478 g/mol. The van der Waals surface area contributed by atoms with E-state index in [1.807, 2.05) is 31.2 Å². The number of likely N-dealkylation sites (tertiary alicyclic amines) is 1. The number of benzene rings is 1. The van der Waals surface area contributed by atoms with Gasteiger partial charge in [0.1, 0.15) is 11.6 Å². The van der Waals surface area contributed by atoms with Crippen LogP contribution in [0.5, 0.6) is 5.75 Å². The van der Waals surface area contributed by atoms with Crippen molar-refractivity contribution in [1.29, 1.82) is 0 Å². The van der Waals surface area contributed by atoms with Crippen LogP contribution in [0.25, 0.3) is 0 Å². The minimum atomic E-state index is -0.0383. The Labute approximate surface area is 225 Å². The second-order valence-corrected chi connectivity index (χ2v) is 11.4. The fourth-order valence-electron chi connectivity index (χ4n) is 6.99. The number of likely N-dealkylation sites (N-methyl/N-ethyl adjacent to an activating group) is 1. The third kappa shape index (κ3) is 4.86. The van der Waals surface area contributed by atoms with Gasteiger partial charge in [-0.2, -0.15) is 0 Å². The van der Waals surface area contributed by atoms with Crippen LogP contribution < -0.4 is 20.3 Å². The number of rotatable bonds is 6. The number of aromatic nitrogens is 1. The van der Waals surface area contributed by atoms with Gasteiger partial charge in [0.05, 0.1) is 12.2 Å². The van der Waals surface area contributed by atoms with Crippen molar-refractivity contribution >= 4 is 17.6 Å². The fraction of sp³-hybridized carbons (Fsp3) is 0.567. The van der Waals surface area contributed by atoms with Gasteiger partial charge in [-0.1, -0.05) is 13.0 Å². The lowest BCUT2D eigenvalue weighted by Gasteiger charge is -2.40. The Hall–Kier alpha value is -3.13. The highest BCUT2D eigenvalue weighted by Crippen LogP contribution is 2.39. The summed E-state index contributed by atoms with van der Waals surface area (Å²) in [7, 11) is 0. The van der Waals surface area contributed by atoms with Gasteiger partial charge in [0, 0.05) is 54.5 Å². The zero-order valence-corrected chi connectivity index (χ0v) is 22.5. The Bertz CT molecular complexity index is 1190. The van der Waals surface area contributed by atoms with Gasteiger partial charge in [0.25, 0.3) is 11.8 Å². The second kappa shape index (κ2) is 10.6. The number of carbonyl (C=O) groups excluding carboxylic acids is 2. The molecule has 5 heterocycles. The highest BCUT2D eigenvalue weighted by atomic mass is 16.5. The van der Waals surface area contributed by atoms with Crippen molar-refractivity contribution in [2.75, 3.05) is 31.1 Å². The third-order valence-corrected chi connectivity index (χ3v) is 8.98. The molecule has 202 valence electrons. The Kier molecular flexibility index (Phi) is 6.99. The summed E-state index contributed by atoms with van der Waals surface area (Å²) in [5, 5.41) is 6.51. The van der Waals surface area contributed by atoms with Crippen molar-refractivity contribution in [3.63, 3.8) is 0 Å². The first-order chi connectivity index (χ1) is 18.5. The Morgan fingerprint density at radius 1 is 1.03 bits per heavy atom. The summed E-state index contributed by atoms with van der Waals surface area (Å²) < 4.78 is 5.77. The van der Waals surface area contributed by atoms with Gasteiger partial charge in [-0.15, -0.1) is 0 Å². The molecule has 1 aromatic heterocycles. The zero-order chi connectivity index (χ0) is 26.2. The molecule has 2 amide bonds. The van der Waals surface area contributed by atoms with E-state index in [4.69, 9.17) is 9.72 Å². The maximum Gasteiger partial charge on any atom is 0.253 e. The molecule has 8 nitrogen and oxygen atoms in total. The van der Waals surface area contributed by atoms with Crippen molar-refractivity contribution in [2.24, 2.45) is 0 Å². The standard InChI is InChI=1S/C30H39N5O3/c1-3-34-13-4-5-22(18-34)32-29(36)21-7-11-27(31-17-21)35-24-8-9-25(35)16-23(15-24)33-30(37)26-10-6-20-12-14-38-28(20)19(26)2/h6-7,10-11,17,22-25H,3-5,8-9,12-16,18H2,1-2H3,(H,32,36)(H,33,37)/t22-,23?,24-,25+/m1/s1. The van der Waals surface area contributed by atoms with E-state index in [9.17, 15) is 9.59 Å². The molecule has 2 N–H and O–H groups in total. The molecule has 4 aliphatic heterocycles. The predicted octanol–water partition coefficient (Wildman–Crippen LogP) is 3.47. The van der Waals surface area contributed by atoms with Crippen molar-refractivity contribution in [3.8, 4) is 5.75 Å². The molecular formula is C30H39N5O3. The van der Waals surface area contributed by atoms with E-state index in [0.717, 1.165) is 81.7 Å². The molecule has 2 aromatic rings. The largest absolute Gasteiger partial charge is 0.493 e. The van der Waals surface area contributed by atoms with Crippen LogP contribution in [0.2, 0.25) is 0 Å². The molecule has 6 rings (SSSR count). The summed E-state index contributed by atoms with van der Waals surface area (Å²) in [6.45, 7) is 7.90. The van der Waals surface area contributed by atoms with E-state index in [0.29, 0.717) is 29.8 Å². The van der Waals surface area contributed by atoms with Gasteiger partial charge in [0.2, 0.25) is 0 Å². The number of fused-ring (bicyclic) bond motifs is 3. The van der Waals surface area contributed by atoms with Crippen molar-refractivity contribution < 1.29 is 14.3 Å². The molecule has 2 bridgehead atoms. The van der Waals surface area contributed by atoms with Gasteiger partial charge in [-0.25, -0.2) is 4.98 Å². The average molecular weight is 518 g/mol. The normalized spacial score (nSPS) is 26.5. The number of amides is 2. The lowest BCUT2D eigenvalue weighted by atomic mass is 9.96. The van der Waals surface area contributed by atoms with E-state index in [2.05, 4.69) is 27.4 Å². The SMILES string of the molecule is CCN1CCC[C@@H](NC(=O)c2ccc(N3[C@@H]4CC[C@H]3CC(NC(=O)c3ccc5c(c3C)OCC5)C4)nc2)C1. The lowest BCUT2D eigenvalue weighted by Crippen LogP contribution is -2.51. The molecule has 3 fully saturated rings. The number of pyridine rings is 1. The number of piperidine rings is 2. The molecule has 0 saturated carbocycles. The van der Waals surface area contributed by atoms with E-state index >= 15 is 0 Å². The summed E-state index contributed by atoms with van der Waals surface area (Å²) in [6.07, 6.45) is 8.79. The summed E-state index contributed by atoms with van der Waals surface area (Å²) in [6, 6.07) is 8.91. The summed E-state index contributed by atoms with van der Waals surface area (Å²) in [5.41, 5.74) is 3.47. The van der Waals surface area contributed by atoms with Gasteiger partial charge >= 0.3 is 0 Å². The van der Waals surface area contributed by atoms with Crippen molar-refractivity contribution in [1.82, 2.24) is 20.5 Å². The molecule has 0 spiro atoms. The lowest BCUT2D eigenvalue weighted by molar-refractivity contribution is 0.0903. The van der Waals surface area contributed by atoms with Crippen molar-refractivity contribution in [3.05, 3.63) is 52.7 Å². The molecule has 1 unspecified atom stereocenters. The predicted molar refractivity (Wildman–Crippen MR) is 147 cm³/mol. The number of ether oxygens (including phenoxy) is 1. The Morgan fingerprint density at radius 2 is 1.82 bits per heavy atom. The minimum Gasteiger partial charge on any atom is -0.493 e. The van der Waals surface area contributed by atoms with Gasteiger partial charge in [-0.05, 0) is 82.3 Å². The van der Waals surface area contributed by atoms with Crippen LogP contribution in [0.3, 0.4) is 0 Å². The van der Waals surface area contributed by atoms with Crippen LogP contribution in [-0.4, -0.2) is 72.1 Å². The Balaban J connectivity index is 1.07. The maximum absolute atomic E-state index is 13.2. The first-order valence-electron chi connectivity index (χ1n) is 14.3. The smallest absolute Gasteiger partial charge is 0.253 e. The van der Waals surface area contributed by atoms with Crippen LogP contribution >= 0.6 is 0 Å². The summed E-state index contributed by atoms with van der Waals surface area (Å²) in [5.74, 6) is 1.77. The summed E-state index contributed by atoms with van der Waals surface area (Å²) >= 11 is 0. The number of nitrogens with one attached hydrogen (secondary N) is 2. The molecule has 0 aliphatic carbocycles. The van der Waals surface area contributed by atoms with Crippen LogP contribution in [0.4, 0.5) is 5.82 Å². The molecule has 3 saturated heterocycles. The van der Waals surface area contributed by atoms with Gasteiger partial charge < -0.3 is 25.2 Å². The fourth-order valence-corrected chi connectivity index (χ4v) is 6.99. The number of anilines is 1. The summed E-state index contributed by atoms with van der Waals surface area (Å²) in [4.78, 5) is 35.5. The van der Waals surface area contributed by atoms with Crippen LogP contribution in [0, 0.1) is 6.92 Å². The van der Waals surface area contributed by atoms with Crippen molar-refractivity contribution in [2.45, 2.75) is 83.0 Å². The first-order valence-corrected chi connectivity index (χ1v) is 14.3. The first kappa shape index (κ1) is 25.2. The third-order valence-electron chi connectivity index (χ3n) is 8.98. The molecule has 0 radical (unpaired) electrons. The van der Waals surface area contributed by atoms with Crippen LogP contribution in [0.1, 0.15) is 77.3 Å². The van der Waals surface area contributed by atoms with Gasteiger partial charge in [0.15, 0.2) is 0 Å². The van der Waals surface area contributed by atoms with E-state index in [1.165, 1.54) is 5.56 Å². The molecule has 38 heavy (non-hydrogen) atoms. The molecule has 1 aromatic carbocycles. The van der Waals surface area contributed by atoms with E-state index in [1.54, 1.807) is 6.20 Å². The number of hydrogen-bond acceptors (Lipinski definition) is 6. The topological polar surface area (TPSA) is 86.8 Å². The number of carbonyl (C=O) groups is 2. The monoisotopic (exact) mass is 517 g/mol. The second-order valence-electron chi connectivity index (χ2n) is 11.4. The molecule has 4 aliphatic rings. The highest BCUT2D eigenvalue weighted by Gasteiger charge is 2.42. The highest BCUT2D eigenvalue weighted by molar-refractivity contribution is 5.97. The quantitative estimate of drug-likeness (QED) is 0.610. The van der Waals surface area contributed by atoms with E-state index in [-0.39, 0.29) is 23.9 Å².